The number of carbonyl (C=O) groups excluding carboxylic acids is 4. The summed E-state index contributed by atoms with van der Waals surface area (Å²) in [5.41, 5.74) is 1.01. The van der Waals surface area contributed by atoms with Gasteiger partial charge in [-0.1, -0.05) is 25.3 Å². The number of ether oxygens (including phenoxy) is 3. The molecule has 1 atom stereocenters. The van der Waals surface area contributed by atoms with Gasteiger partial charge in [0.05, 0.1) is 18.5 Å². The molecule has 3 fully saturated rings. The summed E-state index contributed by atoms with van der Waals surface area (Å²) in [5.74, 6) is -0.363. The molecule has 3 heterocycles. The Labute approximate surface area is 234 Å². The predicted octanol–water partition coefficient (Wildman–Crippen LogP) is 3.92. The average Bonchev–Trinajstić information content (AvgIpc) is 3.14. The number of fused-ring (bicyclic) bond motifs is 2. The molecule has 4 amide bonds. The number of amides is 4. The van der Waals surface area contributed by atoms with Crippen LogP contribution in [0.15, 0.2) is 18.2 Å². The van der Waals surface area contributed by atoms with Gasteiger partial charge in [0.1, 0.15) is 17.7 Å². The minimum atomic E-state index is -0.764. The molecule has 11 heteroatoms. The molecule has 0 bridgehead atoms. The second-order valence-electron chi connectivity index (χ2n) is 12.3. The Morgan fingerprint density at radius 2 is 1.80 bits per heavy atom. The van der Waals surface area contributed by atoms with Crippen molar-refractivity contribution in [1.82, 2.24) is 10.2 Å². The Kier molecular flexibility index (Phi) is 7.94. The van der Waals surface area contributed by atoms with Gasteiger partial charge in [-0.25, -0.2) is 9.59 Å². The van der Waals surface area contributed by atoms with E-state index in [1.807, 2.05) is 12.1 Å². The van der Waals surface area contributed by atoms with Gasteiger partial charge < -0.3 is 35.1 Å². The van der Waals surface area contributed by atoms with Crippen molar-refractivity contribution in [1.29, 1.82) is 0 Å². The molecule has 0 radical (unpaired) electrons. The molecule has 1 spiro atoms. The number of carbonyl (C=O) groups is 4. The Balaban J connectivity index is 1.21. The molecular weight excluding hydrogens is 516 g/mol. The molecule has 218 valence electrons. The first-order valence-corrected chi connectivity index (χ1v) is 14.3. The second kappa shape index (κ2) is 11.3. The van der Waals surface area contributed by atoms with E-state index in [1.165, 1.54) is 4.90 Å². The van der Waals surface area contributed by atoms with Crippen molar-refractivity contribution in [3.05, 3.63) is 23.8 Å². The minimum Gasteiger partial charge on any atom is -0.444 e. The van der Waals surface area contributed by atoms with Gasteiger partial charge in [0.15, 0.2) is 0 Å². The van der Waals surface area contributed by atoms with E-state index >= 15 is 0 Å². The van der Waals surface area contributed by atoms with Crippen LogP contribution in [0.5, 0.6) is 0 Å². The van der Waals surface area contributed by atoms with E-state index < -0.39 is 35.3 Å². The number of hydrogen-bond donors (Lipinski definition) is 3. The highest BCUT2D eigenvalue weighted by Gasteiger charge is 2.47. The maximum atomic E-state index is 13.5. The molecule has 5 rings (SSSR count). The third kappa shape index (κ3) is 6.04. The summed E-state index contributed by atoms with van der Waals surface area (Å²) >= 11 is 0. The normalized spacial score (nSPS) is 21.6. The van der Waals surface area contributed by atoms with Crippen molar-refractivity contribution in [3.63, 3.8) is 0 Å². The van der Waals surface area contributed by atoms with Crippen LogP contribution >= 0.6 is 0 Å². The van der Waals surface area contributed by atoms with E-state index in [-0.39, 0.29) is 30.8 Å². The molecule has 3 N–H and O–H groups in total. The van der Waals surface area contributed by atoms with Gasteiger partial charge in [-0.05, 0) is 70.1 Å². The van der Waals surface area contributed by atoms with E-state index in [2.05, 4.69) is 16.0 Å². The fraction of sp³-hybridized carbons (Fsp3) is 0.655. The molecule has 0 aromatic heterocycles. The summed E-state index contributed by atoms with van der Waals surface area (Å²) in [7, 11) is 0. The first kappa shape index (κ1) is 28.2. The van der Waals surface area contributed by atoms with E-state index in [1.54, 1.807) is 26.8 Å². The van der Waals surface area contributed by atoms with Crippen LogP contribution < -0.4 is 16.0 Å². The zero-order valence-electron chi connectivity index (χ0n) is 23.5. The lowest BCUT2D eigenvalue weighted by Crippen LogP contribution is -2.58. The summed E-state index contributed by atoms with van der Waals surface area (Å²) in [4.78, 5) is 52.8. The highest BCUT2D eigenvalue weighted by Crippen LogP contribution is 2.45. The average molecular weight is 557 g/mol. The molecule has 3 aliphatic heterocycles. The highest BCUT2D eigenvalue weighted by atomic mass is 16.6. The molecule has 4 aliphatic rings. The maximum Gasteiger partial charge on any atom is 0.410 e. The maximum absolute atomic E-state index is 13.5. The van der Waals surface area contributed by atoms with Crippen molar-refractivity contribution in [2.75, 3.05) is 36.9 Å². The molecule has 0 unspecified atom stereocenters. The zero-order valence-corrected chi connectivity index (χ0v) is 23.5. The Morgan fingerprint density at radius 1 is 1.10 bits per heavy atom. The van der Waals surface area contributed by atoms with Gasteiger partial charge >= 0.3 is 12.2 Å². The molecule has 40 heavy (non-hydrogen) atoms. The summed E-state index contributed by atoms with van der Waals surface area (Å²) in [6.07, 6.45) is 4.44. The minimum absolute atomic E-state index is 0.0133. The third-order valence-corrected chi connectivity index (χ3v) is 8.28. The lowest BCUT2D eigenvalue weighted by molar-refractivity contribution is -0.124. The Bertz CT molecular complexity index is 1150. The lowest BCUT2D eigenvalue weighted by Gasteiger charge is -2.39. The summed E-state index contributed by atoms with van der Waals surface area (Å²) in [5, 5.41) is 8.74. The summed E-state index contributed by atoms with van der Waals surface area (Å²) in [6, 6.07) is 4.73. The van der Waals surface area contributed by atoms with Crippen LogP contribution in [-0.4, -0.2) is 73.0 Å². The van der Waals surface area contributed by atoms with Crippen LogP contribution in [0.2, 0.25) is 0 Å². The number of nitrogens with zero attached hydrogens (tertiary/aromatic N) is 1. The predicted molar refractivity (Wildman–Crippen MR) is 147 cm³/mol. The van der Waals surface area contributed by atoms with Crippen molar-refractivity contribution in [3.8, 4) is 0 Å². The van der Waals surface area contributed by atoms with Crippen LogP contribution in [0, 0.1) is 5.92 Å². The Hall–Kier alpha value is -3.34. The van der Waals surface area contributed by atoms with Gasteiger partial charge in [-0.3, -0.25) is 9.59 Å². The van der Waals surface area contributed by atoms with E-state index in [9.17, 15) is 19.2 Å². The third-order valence-electron chi connectivity index (χ3n) is 8.28. The lowest BCUT2D eigenvalue weighted by atomic mass is 9.75. The van der Waals surface area contributed by atoms with E-state index in [0.29, 0.717) is 37.4 Å². The standard InChI is InChI=1S/C29H40N4O7/c1-28(2,3)40-27(37)33-16-20(17-33)39-26(36)32-23(18-7-5-4-6-8-18)24(34)30-19-9-10-21-22(15-19)31-25(35)29(21)11-13-38-14-12-29/h9-10,15,18,20,23H,4-8,11-14,16-17H2,1-3H3,(H,30,34)(H,31,35)(H,32,36)/t23-/m0/s1. The number of benzene rings is 1. The van der Waals surface area contributed by atoms with Gasteiger partial charge in [-0.15, -0.1) is 0 Å². The van der Waals surface area contributed by atoms with Gasteiger partial charge in [-0.2, -0.15) is 0 Å². The fourth-order valence-corrected chi connectivity index (χ4v) is 6.11. The van der Waals surface area contributed by atoms with Crippen molar-refractivity contribution < 1.29 is 33.4 Å². The largest absolute Gasteiger partial charge is 0.444 e. The first-order valence-electron chi connectivity index (χ1n) is 14.3. The van der Waals surface area contributed by atoms with Gasteiger partial charge in [0.2, 0.25) is 11.8 Å². The van der Waals surface area contributed by atoms with Crippen LogP contribution in [0.1, 0.15) is 71.3 Å². The summed E-state index contributed by atoms with van der Waals surface area (Å²) < 4.78 is 16.3. The van der Waals surface area contributed by atoms with E-state index in [4.69, 9.17) is 14.2 Å². The summed E-state index contributed by atoms with van der Waals surface area (Å²) in [6.45, 7) is 6.96. The molecular formula is C29H40N4O7. The molecule has 1 aliphatic carbocycles. The van der Waals surface area contributed by atoms with Gasteiger partial charge in [0.25, 0.3) is 0 Å². The fourth-order valence-electron chi connectivity index (χ4n) is 6.11. The van der Waals surface area contributed by atoms with Crippen LogP contribution in [0.3, 0.4) is 0 Å². The topological polar surface area (TPSA) is 135 Å². The van der Waals surface area contributed by atoms with Crippen LogP contribution in [0.25, 0.3) is 0 Å². The number of anilines is 2. The zero-order chi connectivity index (χ0) is 28.5. The van der Waals surface area contributed by atoms with Crippen molar-refractivity contribution in [2.24, 2.45) is 5.92 Å². The van der Waals surface area contributed by atoms with E-state index in [0.717, 1.165) is 37.7 Å². The first-order chi connectivity index (χ1) is 19.0. The smallest absolute Gasteiger partial charge is 0.410 e. The molecule has 1 aromatic carbocycles. The molecule has 1 saturated carbocycles. The Morgan fingerprint density at radius 3 is 2.48 bits per heavy atom. The van der Waals surface area contributed by atoms with Crippen LogP contribution in [0.4, 0.5) is 21.0 Å². The SMILES string of the molecule is CC(C)(C)OC(=O)N1CC(OC(=O)N[C@H](C(=O)Nc2ccc3c(c2)NC(=O)C32CCOCC2)C2CCCCC2)C1. The molecule has 11 nitrogen and oxygen atoms in total. The monoisotopic (exact) mass is 556 g/mol. The van der Waals surface area contributed by atoms with Crippen molar-refractivity contribution >= 4 is 35.4 Å². The number of likely N-dealkylation sites (tertiary alicyclic amines) is 1. The number of rotatable bonds is 5. The number of nitrogens with one attached hydrogen (secondary N) is 3. The number of hydrogen-bond acceptors (Lipinski definition) is 7. The highest BCUT2D eigenvalue weighted by molar-refractivity contribution is 6.07. The quantitative estimate of drug-likeness (QED) is 0.500. The number of alkyl carbamates (subject to hydrolysis) is 1. The molecule has 2 saturated heterocycles. The second-order valence-corrected chi connectivity index (χ2v) is 12.3. The van der Waals surface area contributed by atoms with Gasteiger partial charge in [0, 0.05) is 24.6 Å². The molecule has 1 aromatic rings. The van der Waals surface area contributed by atoms with Crippen LogP contribution in [-0.2, 0) is 29.2 Å². The van der Waals surface area contributed by atoms with Crippen molar-refractivity contribution in [2.45, 2.75) is 88.9 Å².